The van der Waals surface area contributed by atoms with Gasteiger partial charge in [-0.1, -0.05) is 132 Å². The second-order valence-electron chi connectivity index (χ2n) is 12.9. The van der Waals surface area contributed by atoms with Crippen LogP contribution in [0.15, 0.2) is 166 Å². The molecule has 0 saturated heterocycles. The van der Waals surface area contributed by atoms with E-state index in [1.54, 1.807) is 23.3 Å². The Morgan fingerprint density at radius 2 is 1.43 bits per heavy atom. The number of thioether (sulfide) groups is 1. The van der Waals surface area contributed by atoms with Gasteiger partial charge in [-0.25, -0.2) is 9.79 Å². The van der Waals surface area contributed by atoms with Crippen molar-refractivity contribution in [2.45, 2.75) is 24.8 Å². The summed E-state index contributed by atoms with van der Waals surface area (Å²) in [7, 11) is 0. The fourth-order valence-corrected chi connectivity index (χ4v) is 8.40. The van der Waals surface area contributed by atoms with Gasteiger partial charge < -0.3 is 9.30 Å². The van der Waals surface area contributed by atoms with Crippen LogP contribution in [-0.4, -0.2) is 28.0 Å². The van der Waals surface area contributed by atoms with Gasteiger partial charge in [-0.2, -0.15) is 0 Å². The Morgan fingerprint density at radius 3 is 2.04 bits per heavy atom. The minimum Gasteiger partial charge on any atom is -0.463 e. The number of carbonyl (C=O) groups excluding carboxylic acids is 1. The number of aromatic nitrogens is 2. The zero-order valence-electron chi connectivity index (χ0n) is 30.1. The van der Waals surface area contributed by atoms with Crippen molar-refractivity contribution in [3.05, 3.63) is 193 Å². The minimum atomic E-state index is -0.751. The molecule has 0 spiro atoms. The molecule has 3 heterocycles. The predicted molar refractivity (Wildman–Crippen MR) is 221 cm³/mol. The van der Waals surface area contributed by atoms with Gasteiger partial charge in [0.15, 0.2) is 4.80 Å². The molecule has 266 valence electrons. The van der Waals surface area contributed by atoms with E-state index in [1.165, 1.54) is 16.9 Å². The van der Waals surface area contributed by atoms with Crippen molar-refractivity contribution in [2.75, 3.05) is 12.9 Å². The number of hydrogen-bond acceptors (Lipinski definition) is 6. The van der Waals surface area contributed by atoms with Crippen LogP contribution in [0.1, 0.15) is 35.2 Å². The molecule has 0 amide bonds. The first kappa shape index (κ1) is 35.1. The second-order valence-corrected chi connectivity index (χ2v) is 14.8. The molecule has 6 nitrogen and oxygen atoms in total. The molecular weight excluding hydrogens is 707 g/mol. The molecule has 54 heavy (non-hydrogen) atoms. The van der Waals surface area contributed by atoms with Crippen molar-refractivity contribution in [3.8, 4) is 28.2 Å². The van der Waals surface area contributed by atoms with Gasteiger partial charge in [0.2, 0.25) is 0 Å². The molecule has 1 atom stereocenters. The lowest BCUT2D eigenvalue weighted by Crippen LogP contribution is -2.40. The van der Waals surface area contributed by atoms with Gasteiger partial charge in [-0.05, 0) is 73.2 Å². The molecule has 1 aliphatic rings. The number of carbonyl (C=O) groups is 1. The van der Waals surface area contributed by atoms with Crippen LogP contribution < -0.4 is 14.9 Å². The number of aryl methyl sites for hydroxylation is 1. The highest BCUT2D eigenvalue weighted by molar-refractivity contribution is 7.98. The van der Waals surface area contributed by atoms with E-state index < -0.39 is 12.0 Å². The van der Waals surface area contributed by atoms with Gasteiger partial charge in [0.05, 0.1) is 39.8 Å². The van der Waals surface area contributed by atoms with Crippen LogP contribution in [0.25, 0.3) is 40.0 Å². The molecule has 8 rings (SSSR count). The van der Waals surface area contributed by atoms with Gasteiger partial charge in [0, 0.05) is 21.7 Å². The van der Waals surface area contributed by atoms with Crippen molar-refractivity contribution >= 4 is 40.8 Å². The molecule has 0 fully saturated rings. The van der Waals surface area contributed by atoms with Crippen molar-refractivity contribution in [2.24, 2.45) is 4.99 Å². The molecule has 7 aromatic rings. The highest BCUT2D eigenvalue weighted by Crippen LogP contribution is 2.38. The molecule has 8 heteroatoms. The summed E-state index contributed by atoms with van der Waals surface area (Å²) < 4.78 is 10.1. The normalized spacial score (nSPS) is 14.1. The van der Waals surface area contributed by atoms with E-state index in [9.17, 15) is 9.59 Å². The van der Waals surface area contributed by atoms with Crippen molar-refractivity contribution in [1.82, 2.24) is 9.13 Å². The summed E-state index contributed by atoms with van der Waals surface area (Å²) in [6.45, 7) is 4.06. The number of rotatable bonds is 9. The Kier molecular flexibility index (Phi) is 9.87. The van der Waals surface area contributed by atoms with Crippen LogP contribution in [0.5, 0.6) is 0 Å². The molecule has 0 aliphatic carbocycles. The van der Waals surface area contributed by atoms with Gasteiger partial charge in [-0.3, -0.25) is 9.36 Å². The quantitative estimate of drug-likeness (QED) is 0.109. The van der Waals surface area contributed by atoms with E-state index in [4.69, 9.17) is 9.73 Å². The summed E-state index contributed by atoms with van der Waals surface area (Å²) in [6, 6.07) is 48.2. The molecule has 1 aliphatic heterocycles. The Balaban J connectivity index is 1.42. The fraction of sp³-hybridized carbons (Fsp3) is 0.109. The number of nitrogens with zero attached hydrogens (tertiary/aromatic N) is 3. The van der Waals surface area contributed by atoms with Crippen molar-refractivity contribution in [1.29, 1.82) is 0 Å². The Labute approximate surface area is 322 Å². The first-order chi connectivity index (χ1) is 26.4. The largest absolute Gasteiger partial charge is 0.463 e. The van der Waals surface area contributed by atoms with E-state index in [-0.39, 0.29) is 12.2 Å². The van der Waals surface area contributed by atoms with Crippen LogP contribution in [-0.2, 0) is 9.53 Å². The average molecular weight is 744 g/mol. The van der Waals surface area contributed by atoms with Gasteiger partial charge >= 0.3 is 5.97 Å². The fourth-order valence-electron chi connectivity index (χ4n) is 7.00. The van der Waals surface area contributed by atoms with Crippen LogP contribution in [0, 0.1) is 6.92 Å². The number of thiazole rings is 1. The highest BCUT2D eigenvalue weighted by Gasteiger charge is 2.35. The van der Waals surface area contributed by atoms with E-state index >= 15 is 0 Å². The molecule has 0 saturated carbocycles. The third-order valence-corrected chi connectivity index (χ3v) is 11.3. The summed E-state index contributed by atoms with van der Waals surface area (Å²) in [6.07, 6.45) is 4.00. The van der Waals surface area contributed by atoms with Crippen molar-refractivity contribution < 1.29 is 9.53 Å². The summed E-state index contributed by atoms with van der Waals surface area (Å²) in [5.41, 5.74) is 9.29. The van der Waals surface area contributed by atoms with E-state index in [0.29, 0.717) is 20.6 Å². The molecule has 5 aromatic carbocycles. The first-order valence-corrected chi connectivity index (χ1v) is 19.9. The molecule has 0 radical (unpaired) electrons. The summed E-state index contributed by atoms with van der Waals surface area (Å²) in [5, 5.41) is 0. The molecule has 0 unspecified atom stereocenters. The monoisotopic (exact) mass is 743 g/mol. The molecule has 2 aromatic heterocycles. The third-order valence-electron chi connectivity index (χ3n) is 9.53. The van der Waals surface area contributed by atoms with Crippen LogP contribution in [0.2, 0.25) is 0 Å². The smallest absolute Gasteiger partial charge is 0.338 e. The molecular formula is C46H37N3O3S2. The van der Waals surface area contributed by atoms with Crippen LogP contribution in [0.4, 0.5) is 0 Å². The third kappa shape index (κ3) is 6.59. The zero-order valence-corrected chi connectivity index (χ0v) is 31.7. The number of ether oxygens (including phenoxy) is 1. The van der Waals surface area contributed by atoms with Gasteiger partial charge in [0.1, 0.15) is 0 Å². The zero-order chi connectivity index (χ0) is 37.2. The van der Waals surface area contributed by atoms with E-state index in [1.807, 2.05) is 103 Å². The number of fused-ring (bicyclic) bond motifs is 1. The lowest BCUT2D eigenvalue weighted by molar-refractivity contribution is -0.138. The van der Waals surface area contributed by atoms with Crippen LogP contribution >= 0.6 is 23.1 Å². The number of hydrogen-bond donors (Lipinski definition) is 0. The SMILES string of the molecule is CCOC(=O)C1=C(c2ccccc2)N=c2s/c(=C\c3cc(-c4ccccc4)n(-c4ccc(C)cc4)c3-c3ccccc3)c(=O)n2[C@@H]1c1ccc(SC)cc1. The van der Waals surface area contributed by atoms with Gasteiger partial charge in [0.25, 0.3) is 5.56 Å². The molecule has 0 N–H and O–H groups in total. The Hall–Kier alpha value is -5.96. The summed E-state index contributed by atoms with van der Waals surface area (Å²) in [5.74, 6) is -0.498. The second kappa shape index (κ2) is 15.2. The topological polar surface area (TPSA) is 65.6 Å². The maximum atomic E-state index is 14.9. The predicted octanol–water partition coefficient (Wildman–Crippen LogP) is 9.09. The highest BCUT2D eigenvalue weighted by atomic mass is 32.2. The standard InChI is InChI=1S/C46H37N3O3S2/c1-4-52-45(51)40-41(32-16-10-6-11-17-32)47-46-49(43(40)34-22-26-37(53-3)27-23-34)44(50)39(54-46)29-35-28-38(31-14-8-5-9-15-31)48(36-24-20-30(2)21-25-36)42(35)33-18-12-7-13-19-33/h5-29,43H,4H2,1-3H3/b39-29-/t43-/m1/s1. The lowest BCUT2D eigenvalue weighted by Gasteiger charge is -2.26. The van der Waals surface area contributed by atoms with E-state index in [2.05, 4.69) is 66.1 Å². The number of benzene rings is 5. The number of esters is 1. The van der Waals surface area contributed by atoms with Crippen molar-refractivity contribution in [3.63, 3.8) is 0 Å². The summed E-state index contributed by atoms with van der Waals surface area (Å²) >= 11 is 2.96. The lowest BCUT2D eigenvalue weighted by atomic mass is 9.93. The Bertz CT molecular complexity index is 2680. The first-order valence-electron chi connectivity index (χ1n) is 17.8. The average Bonchev–Trinajstić information content (AvgIpc) is 3.75. The summed E-state index contributed by atoms with van der Waals surface area (Å²) in [4.78, 5) is 35.5. The Morgan fingerprint density at radius 1 is 0.815 bits per heavy atom. The maximum Gasteiger partial charge on any atom is 0.338 e. The minimum absolute atomic E-state index is 0.191. The van der Waals surface area contributed by atoms with Crippen LogP contribution in [0.3, 0.4) is 0 Å². The van der Waals surface area contributed by atoms with E-state index in [0.717, 1.165) is 49.8 Å². The maximum absolute atomic E-state index is 14.9. The van der Waals surface area contributed by atoms with Gasteiger partial charge in [-0.15, -0.1) is 11.8 Å². The molecule has 0 bridgehead atoms.